The molecule has 0 atom stereocenters. The van der Waals surface area contributed by atoms with Crippen LogP contribution in [-0.4, -0.2) is 35.3 Å². The number of hydrogen-bond donors (Lipinski definition) is 1. The lowest BCUT2D eigenvalue weighted by atomic mass is 10.1. The molecule has 0 spiro atoms. The first-order chi connectivity index (χ1) is 13.9. The number of benzene rings is 1. The van der Waals surface area contributed by atoms with E-state index in [2.05, 4.69) is 21.8 Å². The van der Waals surface area contributed by atoms with Crippen molar-refractivity contribution in [3.63, 3.8) is 0 Å². The molecule has 0 fully saturated rings. The van der Waals surface area contributed by atoms with Crippen LogP contribution in [0.1, 0.15) is 30.2 Å². The van der Waals surface area contributed by atoms with Crippen LogP contribution in [0.3, 0.4) is 0 Å². The number of aromatic nitrogens is 2. The van der Waals surface area contributed by atoms with Gasteiger partial charge in [-0.1, -0.05) is 5.57 Å². The van der Waals surface area contributed by atoms with Gasteiger partial charge in [0.25, 0.3) is 6.43 Å². The van der Waals surface area contributed by atoms with Crippen LogP contribution >= 0.6 is 0 Å². The number of rotatable bonds is 8. The van der Waals surface area contributed by atoms with E-state index in [9.17, 15) is 14.0 Å². The third-order valence-corrected chi connectivity index (χ3v) is 3.89. The first kappa shape index (κ1) is 21.9. The molecule has 152 valence electrons. The average molecular weight is 400 g/mol. The highest BCUT2D eigenvalue weighted by Gasteiger charge is 2.16. The number of hydrogen-bond acceptors (Lipinski definition) is 5. The fourth-order valence-electron chi connectivity index (χ4n) is 2.47. The first-order valence-electron chi connectivity index (χ1n) is 8.82. The van der Waals surface area contributed by atoms with Crippen molar-refractivity contribution in [2.24, 2.45) is 15.7 Å². The van der Waals surface area contributed by atoms with Crippen LogP contribution in [0.25, 0.3) is 0 Å². The summed E-state index contributed by atoms with van der Waals surface area (Å²) in [5.41, 5.74) is 7.79. The van der Waals surface area contributed by atoms with Crippen molar-refractivity contribution in [2.45, 2.75) is 33.2 Å². The first-order valence-corrected chi connectivity index (χ1v) is 8.82. The fourth-order valence-corrected chi connectivity index (χ4v) is 2.47. The zero-order chi connectivity index (χ0) is 21.4. The van der Waals surface area contributed by atoms with Gasteiger partial charge in [-0.3, -0.25) is 4.68 Å². The second-order valence-electron chi connectivity index (χ2n) is 6.24. The molecule has 0 aliphatic heterocycles. The maximum atomic E-state index is 12.6. The Morgan fingerprint density at radius 3 is 2.83 bits per heavy atom. The lowest BCUT2D eigenvalue weighted by Crippen LogP contribution is -2.06. The van der Waals surface area contributed by atoms with E-state index in [-0.39, 0.29) is 0 Å². The van der Waals surface area contributed by atoms with E-state index in [4.69, 9.17) is 10.5 Å². The Balaban J connectivity index is 2.45. The van der Waals surface area contributed by atoms with Gasteiger partial charge in [-0.25, -0.2) is 18.8 Å². The van der Waals surface area contributed by atoms with Crippen LogP contribution in [0.4, 0.5) is 8.78 Å². The number of nitrogens with two attached hydrogens (primary N) is 1. The number of aryl methyl sites for hydroxylation is 1. The van der Waals surface area contributed by atoms with Crippen molar-refractivity contribution in [3.05, 3.63) is 53.0 Å². The molecule has 0 aliphatic carbocycles. The van der Waals surface area contributed by atoms with E-state index in [1.165, 1.54) is 12.3 Å². The monoisotopic (exact) mass is 400 g/mol. The molecule has 7 nitrogen and oxygen atoms in total. The van der Waals surface area contributed by atoms with Crippen LogP contribution in [0.2, 0.25) is 0 Å². The van der Waals surface area contributed by atoms with Crippen LogP contribution < -0.4 is 10.5 Å². The predicted octanol–water partition coefficient (Wildman–Crippen LogP) is 3.82. The number of aliphatic imine (C=N–C) groups is 2. The van der Waals surface area contributed by atoms with Crippen molar-refractivity contribution in [2.75, 3.05) is 6.54 Å². The standard InChI is InChI=1S/C20H22F2N6O/c1-13(6-7-23)10-26-20(25-3)16-5-4-15(9-24)8-17(16)29-18-11-28(12-19(21)22)27-14(18)2/h4-5,8,10-11,19H,3,6-7,12,23H2,1-2H3/b13-10+,26-20-. The Hall–Kier alpha value is -3.38. The molecule has 0 aliphatic rings. The molecule has 0 amide bonds. The van der Waals surface area contributed by atoms with Crippen molar-refractivity contribution in [1.29, 1.82) is 5.26 Å². The smallest absolute Gasteiger partial charge is 0.257 e. The molecule has 2 rings (SSSR count). The highest BCUT2D eigenvalue weighted by Crippen LogP contribution is 2.29. The average Bonchev–Trinajstić information content (AvgIpc) is 3.01. The number of nitriles is 1. The van der Waals surface area contributed by atoms with E-state index in [0.717, 1.165) is 10.3 Å². The Kier molecular flexibility index (Phi) is 7.74. The molecule has 0 bridgehead atoms. The fraction of sp³-hybridized carbons (Fsp3) is 0.300. The molecule has 0 radical (unpaired) electrons. The minimum Gasteiger partial charge on any atom is -0.453 e. The summed E-state index contributed by atoms with van der Waals surface area (Å²) < 4.78 is 32.3. The number of nitrogens with zero attached hydrogens (tertiary/aromatic N) is 5. The molecule has 1 aromatic carbocycles. The normalized spacial score (nSPS) is 12.2. The molecule has 0 unspecified atom stereocenters. The molecule has 29 heavy (non-hydrogen) atoms. The van der Waals surface area contributed by atoms with Crippen molar-refractivity contribution in [1.82, 2.24) is 9.78 Å². The van der Waals surface area contributed by atoms with Gasteiger partial charge < -0.3 is 10.5 Å². The summed E-state index contributed by atoms with van der Waals surface area (Å²) in [4.78, 5) is 8.30. The third kappa shape index (κ3) is 6.05. The van der Waals surface area contributed by atoms with Gasteiger partial charge in [-0.15, -0.1) is 0 Å². The Morgan fingerprint density at radius 1 is 1.45 bits per heavy atom. The largest absolute Gasteiger partial charge is 0.453 e. The highest BCUT2D eigenvalue weighted by atomic mass is 19.3. The third-order valence-electron chi connectivity index (χ3n) is 3.89. The van der Waals surface area contributed by atoms with Crippen LogP contribution in [0.15, 0.2) is 46.2 Å². The maximum Gasteiger partial charge on any atom is 0.257 e. The van der Waals surface area contributed by atoms with Gasteiger partial charge in [0.2, 0.25) is 0 Å². The lowest BCUT2D eigenvalue weighted by molar-refractivity contribution is 0.121. The highest BCUT2D eigenvalue weighted by molar-refractivity contribution is 6.04. The van der Waals surface area contributed by atoms with Crippen LogP contribution in [-0.2, 0) is 6.54 Å². The molecule has 1 heterocycles. The van der Waals surface area contributed by atoms with E-state index >= 15 is 0 Å². The second-order valence-corrected chi connectivity index (χ2v) is 6.24. The predicted molar refractivity (Wildman–Crippen MR) is 108 cm³/mol. The summed E-state index contributed by atoms with van der Waals surface area (Å²) in [6.45, 7) is 7.05. The lowest BCUT2D eigenvalue weighted by Gasteiger charge is -2.10. The van der Waals surface area contributed by atoms with E-state index in [1.54, 1.807) is 25.3 Å². The van der Waals surface area contributed by atoms with E-state index in [0.29, 0.717) is 47.1 Å². The van der Waals surface area contributed by atoms with Gasteiger partial charge in [0, 0.05) is 6.20 Å². The quantitative estimate of drug-likeness (QED) is 0.537. The van der Waals surface area contributed by atoms with Crippen LogP contribution in [0.5, 0.6) is 11.5 Å². The molecule has 0 saturated heterocycles. The van der Waals surface area contributed by atoms with E-state index in [1.807, 2.05) is 13.0 Å². The summed E-state index contributed by atoms with van der Waals surface area (Å²) in [5, 5.41) is 13.2. The van der Waals surface area contributed by atoms with Crippen molar-refractivity contribution >= 4 is 12.6 Å². The van der Waals surface area contributed by atoms with Crippen molar-refractivity contribution in [3.8, 4) is 17.6 Å². The minimum atomic E-state index is -2.54. The van der Waals surface area contributed by atoms with Gasteiger partial charge in [0.1, 0.15) is 18.0 Å². The van der Waals surface area contributed by atoms with Gasteiger partial charge >= 0.3 is 0 Å². The minimum absolute atomic E-state index is 0.290. The zero-order valence-corrected chi connectivity index (χ0v) is 16.3. The summed E-state index contributed by atoms with van der Waals surface area (Å²) in [6, 6.07) is 6.81. The molecule has 2 N–H and O–H groups in total. The number of ether oxygens (including phenoxy) is 1. The Labute approximate surface area is 167 Å². The molecular formula is C20H22F2N6O. The summed E-state index contributed by atoms with van der Waals surface area (Å²) in [5.74, 6) is 0.874. The Bertz CT molecular complexity index is 972. The number of amidine groups is 1. The summed E-state index contributed by atoms with van der Waals surface area (Å²) in [7, 11) is 0. The van der Waals surface area contributed by atoms with Gasteiger partial charge in [-0.2, -0.15) is 10.4 Å². The van der Waals surface area contributed by atoms with Gasteiger partial charge in [0.05, 0.1) is 23.4 Å². The number of halogens is 2. The molecular weight excluding hydrogens is 378 g/mol. The SMILES string of the molecule is C=N/C(=N\C=C(/C)CCN)c1ccc(C#N)cc1Oc1cn(CC(F)F)nc1C. The maximum absolute atomic E-state index is 12.6. The number of alkyl halides is 2. The van der Waals surface area contributed by atoms with Crippen molar-refractivity contribution < 1.29 is 13.5 Å². The summed E-state index contributed by atoms with van der Waals surface area (Å²) in [6.07, 6.45) is 1.18. The molecule has 0 saturated carbocycles. The molecule has 1 aromatic heterocycles. The molecule has 9 heteroatoms. The zero-order valence-electron chi connectivity index (χ0n) is 16.3. The summed E-state index contributed by atoms with van der Waals surface area (Å²) >= 11 is 0. The van der Waals surface area contributed by atoms with E-state index < -0.39 is 13.0 Å². The van der Waals surface area contributed by atoms with Crippen LogP contribution in [0, 0.1) is 18.3 Å². The van der Waals surface area contributed by atoms with Gasteiger partial charge in [-0.05, 0) is 51.7 Å². The van der Waals surface area contributed by atoms with Gasteiger partial charge in [0.15, 0.2) is 11.6 Å². The Morgan fingerprint density at radius 2 is 2.21 bits per heavy atom. The topological polar surface area (TPSA) is 102 Å². The second kappa shape index (κ2) is 10.2. The molecule has 2 aromatic rings.